The molecule has 5 nitrogen and oxygen atoms in total. The molecule has 0 spiro atoms. The van der Waals surface area contributed by atoms with Gasteiger partial charge in [-0.15, -0.1) is 0 Å². The number of nitrogens with zero attached hydrogens (tertiary/aromatic N) is 2. The van der Waals surface area contributed by atoms with E-state index < -0.39 is 5.97 Å². The molecule has 0 amide bonds. The first-order valence-electron chi connectivity index (χ1n) is 6.80. The van der Waals surface area contributed by atoms with Crippen LogP contribution in [0.4, 0.5) is 11.5 Å². The van der Waals surface area contributed by atoms with Gasteiger partial charge in [-0.1, -0.05) is 30.3 Å². The lowest BCUT2D eigenvalue weighted by Gasteiger charge is -2.21. The van der Waals surface area contributed by atoms with Gasteiger partial charge in [0.25, 0.3) is 0 Å². The number of ether oxygens (including phenoxy) is 1. The van der Waals surface area contributed by atoms with Crippen molar-refractivity contribution in [3.8, 4) is 0 Å². The molecule has 0 saturated carbocycles. The minimum absolute atomic E-state index is 0.315. The third kappa shape index (κ3) is 3.51. The molecule has 0 saturated heterocycles. The molecule has 0 bridgehead atoms. The molecule has 5 heteroatoms. The maximum Gasteiger partial charge on any atom is 0.340 e. The normalized spacial score (nSPS) is 10.2. The Balaban J connectivity index is 2.23. The van der Waals surface area contributed by atoms with E-state index in [4.69, 9.17) is 10.5 Å². The number of anilines is 2. The van der Waals surface area contributed by atoms with Gasteiger partial charge in [0, 0.05) is 19.8 Å². The molecule has 0 aliphatic carbocycles. The minimum atomic E-state index is -0.424. The largest absolute Gasteiger partial charge is 0.462 e. The number of carbonyl (C=O) groups excluding carboxylic acids is 1. The zero-order valence-corrected chi connectivity index (χ0v) is 12.2. The van der Waals surface area contributed by atoms with E-state index in [0.29, 0.717) is 30.2 Å². The molecule has 1 aromatic carbocycles. The van der Waals surface area contributed by atoms with E-state index in [1.807, 2.05) is 42.3 Å². The summed E-state index contributed by atoms with van der Waals surface area (Å²) in [5.74, 6) is 0.149. The number of esters is 1. The highest BCUT2D eigenvalue weighted by Gasteiger charge is 2.16. The smallest absolute Gasteiger partial charge is 0.340 e. The zero-order chi connectivity index (χ0) is 15.2. The van der Waals surface area contributed by atoms with Gasteiger partial charge < -0.3 is 15.4 Å². The molecule has 0 atom stereocenters. The van der Waals surface area contributed by atoms with Crippen LogP contribution in [0, 0.1) is 0 Å². The van der Waals surface area contributed by atoms with Crippen molar-refractivity contribution in [1.29, 1.82) is 0 Å². The van der Waals surface area contributed by atoms with Crippen LogP contribution in [0.3, 0.4) is 0 Å². The van der Waals surface area contributed by atoms with Crippen molar-refractivity contribution in [2.24, 2.45) is 0 Å². The van der Waals surface area contributed by atoms with E-state index in [-0.39, 0.29) is 0 Å². The first-order chi connectivity index (χ1) is 10.1. The number of aromatic nitrogens is 1. The Morgan fingerprint density at radius 1 is 1.29 bits per heavy atom. The maximum absolute atomic E-state index is 11.9. The Morgan fingerprint density at radius 2 is 2.00 bits per heavy atom. The van der Waals surface area contributed by atoms with Crippen molar-refractivity contribution < 1.29 is 9.53 Å². The molecule has 0 unspecified atom stereocenters. The van der Waals surface area contributed by atoms with Gasteiger partial charge in [-0.25, -0.2) is 9.78 Å². The van der Waals surface area contributed by atoms with E-state index in [2.05, 4.69) is 4.98 Å². The predicted octanol–water partition coefficient (Wildman–Crippen LogP) is 2.48. The van der Waals surface area contributed by atoms with Crippen LogP contribution in [-0.4, -0.2) is 24.6 Å². The third-order valence-electron chi connectivity index (χ3n) is 3.09. The fourth-order valence-corrected chi connectivity index (χ4v) is 2.09. The van der Waals surface area contributed by atoms with Crippen molar-refractivity contribution in [2.45, 2.75) is 13.5 Å². The molecule has 2 rings (SSSR count). The van der Waals surface area contributed by atoms with Crippen LogP contribution >= 0.6 is 0 Å². The molecular weight excluding hydrogens is 266 g/mol. The topological polar surface area (TPSA) is 68.5 Å². The lowest BCUT2D eigenvalue weighted by molar-refractivity contribution is 0.0527. The molecule has 110 valence electrons. The lowest BCUT2D eigenvalue weighted by atomic mass is 10.2. The van der Waals surface area contributed by atoms with Crippen LogP contribution in [0.25, 0.3) is 0 Å². The quantitative estimate of drug-likeness (QED) is 0.855. The second kappa shape index (κ2) is 6.74. The summed E-state index contributed by atoms with van der Waals surface area (Å²) < 4.78 is 5.00. The lowest BCUT2D eigenvalue weighted by Crippen LogP contribution is -2.20. The number of nitrogens with two attached hydrogens (primary N) is 1. The Bertz CT molecular complexity index is 614. The van der Waals surface area contributed by atoms with Gasteiger partial charge in [-0.05, 0) is 18.6 Å². The number of pyridine rings is 1. The van der Waals surface area contributed by atoms with Gasteiger partial charge in [-0.2, -0.15) is 0 Å². The Hall–Kier alpha value is -2.56. The Labute approximate surface area is 124 Å². The number of benzene rings is 1. The highest BCUT2D eigenvalue weighted by molar-refractivity contribution is 5.97. The summed E-state index contributed by atoms with van der Waals surface area (Å²) in [5, 5.41) is 0. The van der Waals surface area contributed by atoms with E-state index in [1.165, 1.54) is 0 Å². The van der Waals surface area contributed by atoms with E-state index in [0.717, 1.165) is 5.56 Å². The number of carbonyl (C=O) groups is 1. The standard InChI is InChI=1S/C16H19N3O2/c1-3-21-16(20)13-9-10-18-15(14(13)17)19(2)11-12-7-5-4-6-8-12/h4-10H,3,11,17H2,1-2H3. The average Bonchev–Trinajstić information content (AvgIpc) is 2.48. The summed E-state index contributed by atoms with van der Waals surface area (Å²) in [7, 11) is 1.89. The van der Waals surface area contributed by atoms with Gasteiger partial charge >= 0.3 is 5.97 Å². The molecule has 2 aromatic rings. The van der Waals surface area contributed by atoms with Crippen molar-refractivity contribution in [2.75, 3.05) is 24.3 Å². The van der Waals surface area contributed by atoms with Gasteiger partial charge in [0.05, 0.1) is 17.9 Å². The average molecular weight is 285 g/mol. The third-order valence-corrected chi connectivity index (χ3v) is 3.09. The first kappa shape index (κ1) is 14.8. The summed E-state index contributed by atoms with van der Waals surface area (Å²) in [5.41, 5.74) is 7.90. The van der Waals surface area contributed by atoms with Gasteiger partial charge in [0.1, 0.15) is 0 Å². The molecule has 0 aliphatic heterocycles. The molecule has 0 radical (unpaired) electrons. The van der Waals surface area contributed by atoms with Crippen LogP contribution in [0.5, 0.6) is 0 Å². The second-order valence-electron chi connectivity index (χ2n) is 4.66. The minimum Gasteiger partial charge on any atom is -0.462 e. The first-order valence-corrected chi connectivity index (χ1v) is 6.80. The van der Waals surface area contributed by atoms with Crippen molar-refractivity contribution in [1.82, 2.24) is 4.98 Å². The van der Waals surface area contributed by atoms with E-state index >= 15 is 0 Å². The van der Waals surface area contributed by atoms with Crippen LogP contribution in [0.15, 0.2) is 42.6 Å². The summed E-state index contributed by atoms with van der Waals surface area (Å²) >= 11 is 0. The molecule has 0 fully saturated rings. The molecular formula is C16H19N3O2. The number of hydrogen-bond acceptors (Lipinski definition) is 5. The molecule has 2 N–H and O–H groups in total. The highest BCUT2D eigenvalue weighted by atomic mass is 16.5. The maximum atomic E-state index is 11.9. The monoisotopic (exact) mass is 285 g/mol. The Kier molecular flexibility index (Phi) is 4.77. The van der Waals surface area contributed by atoms with E-state index in [9.17, 15) is 4.79 Å². The predicted molar refractivity (Wildman–Crippen MR) is 83.2 cm³/mol. The Morgan fingerprint density at radius 3 is 2.67 bits per heavy atom. The SMILES string of the molecule is CCOC(=O)c1ccnc(N(C)Cc2ccccc2)c1N. The van der Waals surface area contributed by atoms with Crippen molar-refractivity contribution in [3.63, 3.8) is 0 Å². The highest BCUT2D eigenvalue weighted by Crippen LogP contribution is 2.24. The van der Waals surface area contributed by atoms with Crippen LogP contribution in [-0.2, 0) is 11.3 Å². The second-order valence-corrected chi connectivity index (χ2v) is 4.66. The fraction of sp³-hybridized carbons (Fsp3) is 0.250. The number of rotatable bonds is 5. The summed E-state index contributed by atoms with van der Waals surface area (Å²) in [6.07, 6.45) is 1.57. The number of nitrogen functional groups attached to an aromatic ring is 1. The molecule has 1 aromatic heterocycles. The zero-order valence-electron chi connectivity index (χ0n) is 12.2. The van der Waals surface area contributed by atoms with Gasteiger partial charge in [0.2, 0.25) is 0 Å². The van der Waals surface area contributed by atoms with Crippen LogP contribution in [0.1, 0.15) is 22.8 Å². The molecule has 21 heavy (non-hydrogen) atoms. The summed E-state index contributed by atoms with van der Waals surface area (Å²) in [6, 6.07) is 11.6. The van der Waals surface area contributed by atoms with Gasteiger partial charge in [0.15, 0.2) is 5.82 Å². The fourth-order valence-electron chi connectivity index (χ4n) is 2.09. The van der Waals surface area contributed by atoms with Crippen molar-refractivity contribution >= 4 is 17.5 Å². The summed E-state index contributed by atoms with van der Waals surface area (Å²) in [4.78, 5) is 18.0. The molecule has 0 aliphatic rings. The summed E-state index contributed by atoms with van der Waals surface area (Å²) in [6.45, 7) is 2.73. The van der Waals surface area contributed by atoms with Gasteiger partial charge in [-0.3, -0.25) is 0 Å². The van der Waals surface area contributed by atoms with E-state index in [1.54, 1.807) is 19.2 Å². The van der Waals surface area contributed by atoms with Crippen LogP contribution in [0.2, 0.25) is 0 Å². The number of hydrogen-bond donors (Lipinski definition) is 1. The van der Waals surface area contributed by atoms with Crippen molar-refractivity contribution in [3.05, 3.63) is 53.7 Å². The van der Waals surface area contributed by atoms with Crippen LogP contribution < -0.4 is 10.6 Å². The molecule has 1 heterocycles.